The average Bonchev–Trinajstić information content (AvgIpc) is 3.05. The Morgan fingerprint density at radius 2 is 1.80 bits per heavy atom. The first-order valence-electron chi connectivity index (χ1n) is 10.4. The van der Waals surface area contributed by atoms with Crippen LogP contribution < -0.4 is 5.32 Å². The van der Waals surface area contributed by atoms with Crippen molar-refractivity contribution in [2.75, 3.05) is 31.5 Å². The number of piperidine rings is 1. The lowest BCUT2D eigenvalue weighted by Gasteiger charge is -2.34. The molecule has 2 heterocycles. The van der Waals surface area contributed by atoms with Gasteiger partial charge < -0.3 is 15.3 Å². The van der Waals surface area contributed by atoms with Gasteiger partial charge >= 0.3 is 0 Å². The third-order valence-corrected chi connectivity index (χ3v) is 6.04. The molecule has 1 saturated heterocycles. The molecule has 0 radical (unpaired) electrons. The van der Waals surface area contributed by atoms with Gasteiger partial charge in [0.25, 0.3) is 0 Å². The molecule has 1 atom stereocenters. The number of hydrogen-bond acceptors (Lipinski definition) is 4. The Labute approximate surface area is 183 Å². The van der Waals surface area contributed by atoms with E-state index >= 15 is 0 Å². The molecular formula is C23H29ClFN3O2. The Morgan fingerprint density at radius 1 is 1.10 bits per heavy atom. The van der Waals surface area contributed by atoms with Gasteiger partial charge in [-0.05, 0) is 67.2 Å². The third-order valence-electron chi connectivity index (χ3n) is 6.04. The van der Waals surface area contributed by atoms with E-state index in [0.29, 0.717) is 18.0 Å². The van der Waals surface area contributed by atoms with Crippen LogP contribution in [-0.4, -0.2) is 47.0 Å². The summed E-state index contributed by atoms with van der Waals surface area (Å²) in [7, 11) is 0. The van der Waals surface area contributed by atoms with Crippen molar-refractivity contribution in [3.8, 4) is 0 Å². The highest BCUT2D eigenvalue weighted by atomic mass is 35.5. The van der Waals surface area contributed by atoms with E-state index in [4.69, 9.17) is 0 Å². The van der Waals surface area contributed by atoms with Crippen LogP contribution in [0.4, 0.5) is 10.1 Å². The van der Waals surface area contributed by atoms with Crippen molar-refractivity contribution in [3.63, 3.8) is 0 Å². The minimum Gasteiger partial charge on any atom is -0.374 e. The fraction of sp³-hybridized carbons (Fsp3) is 0.435. The first kappa shape index (κ1) is 22.7. The SMILES string of the molecule is Cl.O=C(CCN1CCC(CN2Cc3ccccc3C2O)CC1)Nc1ccc(F)cc1. The summed E-state index contributed by atoms with van der Waals surface area (Å²) in [6.45, 7) is 4.42. The summed E-state index contributed by atoms with van der Waals surface area (Å²) in [5, 5.41) is 13.4. The topological polar surface area (TPSA) is 55.8 Å². The monoisotopic (exact) mass is 433 g/mol. The van der Waals surface area contributed by atoms with Crippen molar-refractivity contribution in [1.82, 2.24) is 9.80 Å². The number of rotatable bonds is 6. The van der Waals surface area contributed by atoms with E-state index in [-0.39, 0.29) is 24.1 Å². The number of likely N-dealkylation sites (tertiary alicyclic amines) is 1. The smallest absolute Gasteiger partial charge is 0.225 e. The summed E-state index contributed by atoms with van der Waals surface area (Å²) >= 11 is 0. The minimum absolute atomic E-state index is 0. The van der Waals surface area contributed by atoms with Crippen molar-refractivity contribution in [3.05, 3.63) is 65.5 Å². The number of nitrogens with zero attached hydrogens (tertiary/aromatic N) is 2. The zero-order valence-electron chi connectivity index (χ0n) is 17.0. The quantitative estimate of drug-likeness (QED) is 0.727. The number of aliphatic hydroxyl groups is 1. The average molecular weight is 434 g/mol. The molecule has 30 heavy (non-hydrogen) atoms. The van der Waals surface area contributed by atoms with Crippen LogP contribution in [0, 0.1) is 11.7 Å². The molecule has 4 rings (SSSR count). The normalized spacial score (nSPS) is 19.9. The first-order valence-corrected chi connectivity index (χ1v) is 10.4. The number of anilines is 1. The number of carbonyl (C=O) groups is 1. The number of aliphatic hydroxyl groups excluding tert-OH is 1. The largest absolute Gasteiger partial charge is 0.374 e. The molecule has 2 aliphatic heterocycles. The van der Waals surface area contributed by atoms with Crippen molar-refractivity contribution in [1.29, 1.82) is 0 Å². The molecule has 0 aliphatic carbocycles. The maximum absolute atomic E-state index is 12.9. The number of hydrogen-bond donors (Lipinski definition) is 2. The van der Waals surface area contributed by atoms with Gasteiger partial charge in [0.15, 0.2) is 0 Å². The van der Waals surface area contributed by atoms with Crippen LogP contribution in [0.25, 0.3) is 0 Å². The standard InChI is InChI=1S/C23H28FN3O2.ClH/c24-19-5-7-20(8-6-19)25-22(28)11-14-26-12-9-17(10-13-26)15-27-16-18-3-1-2-4-21(18)23(27)29;/h1-8,17,23,29H,9-16H2,(H,25,28);1H. The zero-order chi connectivity index (χ0) is 20.2. The zero-order valence-corrected chi connectivity index (χ0v) is 17.8. The summed E-state index contributed by atoms with van der Waals surface area (Å²) in [5.41, 5.74) is 2.89. The molecule has 2 aromatic rings. The second kappa shape index (κ2) is 10.4. The van der Waals surface area contributed by atoms with Crippen LogP contribution in [0.15, 0.2) is 48.5 Å². The fourth-order valence-corrected chi connectivity index (χ4v) is 4.34. The van der Waals surface area contributed by atoms with Gasteiger partial charge in [-0.1, -0.05) is 24.3 Å². The molecule has 1 amide bonds. The van der Waals surface area contributed by atoms with Gasteiger partial charge in [0.05, 0.1) is 0 Å². The van der Waals surface area contributed by atoms with Gasteiger partial charge in [-0.2, -0.15) is 0 Å². The van der Waals surface area contributed by atoms with Crippen LogP contribution in [-0.2, 0) is 11.3 Å². The highest BCUT2D eigenvalue weighted by Gasteiger charge is 2.30. The number of fused-ring (bicyclic) bond motifs is 1. The van der Waals surface area contributed by atoms with Crippen LogP contribution in [0.1, 0.15) is 36.6 Å². The third kappa shape index (κ3) is 5.58. The van der Waals surface area contributed by atoms with Crippen molar-refractivity contribution < 1.29 is 14.3 Å². The van der Waals surface area contributed by atoms with Crippen molar-refractivity contribution in [2.24, 2.45) is 5.92 Å². The molecule has 2 aromatic carbocycles. The number of nitrogens with one attached hydrogen (secondary N) is 1. The summed E-state index contributed by atoms with van der Waals surface area (Å²) in [6, 6.07) is 14.0. The predicted molar refractivity (Wildman–Crippen MR) is 118 cm³/mol. The molecule has 2 N–H and O–H groups in total. The number of carbonyl (C=O) groups excluding carboxylic acids is 1. The number of halogens is 2. The van der Waals surface area contributed by atoms with E-state index in [2.05, 4.69) is 21.2 Å². The Kier molecular flexibility index (Phi) is 7.83. The van der Waals surface area contributed by atoms with E-state index in [1.165, 1.54) is 17.7 Å². The Bertz CT molecular complexity index is 841. The maximum atomic E-state index is 12.9. The lowest BCUT2D eigenvalue weighted by molar-refractivity contribution is -0.116. The fourth-order valence-electron chi connectivity index (χ4n) is 4.34. The molecule has 0 spiro atoms. The summed E-state index contributed by atoms with van der Waals surface area (Å²) in [5.74, 6) is 0.219. The van der Waals surface area contributed by atoms with Gasteiger partial charge in [-0.25, -0.2) is 4.39 Å². The highest BCUT2D eigenvalue weighted by Crippen LogP contribution is 2.33. The van der Waals surface area contributed by atoms with E-state index in [9.17, 15) is 14.3 Å². The van der Waals surface area contributed by atoms with Crippen molar-refractivity contribution >= 4 is 24.0 Å². The van der Waals surface area contributed by atoms with E-state index in [1.54, 1.807) is 12.1 Å². The first-order chi connectivity index (χ1) is 14.1. The van der Waals surface area contributed by atoms with Crippen LogP contribution >= 0.6 is 12.4 Å². The Hall–Kier alpha value is -1.99. The van der Waals surface area contributed by atoms with Gasteiger partial charge in [-0.15, -0.1) is 12.4 Å². The molecule has 5 nitrogen and oxygen atoms in total. The molecule has 162 valence electrons. The molecular weight excluding hydrogens is 405 g/mol. The summed E-state index contributed by atoms with van der Waals surface area (Å²) in [4.78, 5) is 16.6. The van der Waals surface area contributed by atoms with Gasteiger partial charge in [-0.3, -0.25) is 9.69 Å². The van der Waals surface area contributed by atoms with E-state index in [0.717, 1.165) is 51.1 Å². The molecule has 0 aromatic heterocycles. The Morgan fingerprint density at radius 3 is 2.50 bits per heavy atom. The Balaban J connectivity index is 0.00000256. The maximum Gasteiger partial charge on any atom is 0.225 e. The molecule has 1 fully saturated rings. The van der Waals surface area contributed by atoms with E-state index < -0.39 is 6.23 Å². The molecule has 0 bridgehead atoms. The lowest BCUT2D eigenvalue weighted by Crippen LogP contribution is -2.39. The highest BCUT2D eigenvalue weighted by molar-refractivity contribution is 5.90. The van der Waals surface area contributed by atoms with Crippen LogP contribution in [0.5, 0.6) is 0 Å². The van der Waals surface area contributed by atoms with Crippen LogP contribution in [0.2, 0.25) is 0 Å². The number of amides is 1. The van der Waals surface area contributed by atoms with Gasteiger partial charge in [0.1, 0.15) is 12.0 Å². The minimum atomic E-state index is -0.487. The second-order valence-electron chi connectivity index (χ2n) is 8.09. The van der Waals surface area contributed by atoms with Gasteiger partial charge in [0.2, 0.25) is 5.91 Å². The predicted octanol–water partition coefficient (Wildman–Crippen LogP) is 3.79. The van der Waals surface area contributed by atoms with E-state index in [1.807, 2.05) is 18.2 Å². The molecule has 7 heteroatoms. The molecule has 2 aliphatic rings. The summed E-state index contributed by atoms with van der Waals surface area (Å²) < 4.78 is 12.9. The molecule has 1 unspecified atom stereocenters. The van der Waals surface area contributed by atoms with Crippen LogP contribution in [0.3, 0.4) is 0 Å². The van der Waals surface area contributed by atoms with Gasteiger partial charge in [0, 0.05) is 31.7 Å². The second-order valence-corrected chi connectivity index (χ2v) is 8.09. The lowest BCUT2D eigenvalue weighted by atomic mass is 9.96. The number of benzene rings is 2. The van der Waals surface area contributed by atoms with Crippen molar-refractivity contribution in [2.45, 2.75) is 32.0 Å². The molecule has 0 saturated carbocycles. The summed E-state index contributed by atoms with van der Waals surface area (Å²) in [6.07, 6.45) is 2.11.